The summed E-state index contributed by atoms with van der Waals surface area (Å²) in [6.45, 7) is 2.77. The lowest BCUT2D eigenvalue weighted by molar-refractivity contribution is 0.568. The van der Waals surface area contributed by atoms with Crippen molar-refractivity contribution < 1.29 is 0 Å². The van der Waals surface area contributed by atoms with Crippen molar-refractivity contribution in [2.45, 2.75) is 25.7 Å². The Kier molecular flexibility index (Phi) is 4.23. The van der Waals surface area contributed by atoms with Crippen LogP contribution < -0.4 is 15.5 Å². The molecule has 3 aromatic rings. The second kappa shape index (κ2) is 7.03. The van der Waals surface area contributed by atoms with Gasteiger partial charge >= 0.3 is 5.69 Å². The molecule has 1 N–H and O–H groups in total. The lowest BCUT2D eigenvalue weighted by Crippen LogP contribution is -2.31. The Bertz CT molecular complexity index is 1020. The fraction of sp³-hybridized carbons (Fsp3) is 0.350. The van der Waals surface area contributed by atoms with Crippen LogP contribution in [0.4, 0.5) is 17.5 Å². The van der Waals surface area contributed by atoms with E-state index in [-0.39, 0.29) is 5.69 Å². The first-order valence-electron chi connectivity index (χ1n) is 9.68. The van der Waals surface area contributed by atoms with Gasteiger partial charge in [-0.25, -0.2) is 14.8 Å². The molecule has 0 amide bonds. The lowest BCUT2D eigenvalue weighted by Gasteiger charge is -2.28. The van der Waals surface area contributed by atoms with Gasteiger partial charge in [-0.05, 0) is 37.8 Å². The summed E-state index contributed by atoms with van der Waals surface area (Å²) < 4.78 is 0. The van der Waals surface area contributed by atoms with Gasteiger partial charge < -0.3 is 14.8 Å². The fourth-order valence-electron chi connectivity index (χ4n) is 3.96. The molecule has 28 heavy (non-hydrogen) atoms. The number of aromatic nitrogens is 5. The van der Waals surface area contributed by atoms with Gasteiger partial charge in [-0.2, -0.15) is 4.98 Å². The molecule has 2 aliphatic heterocycles. The Morgan fingerprint density at radius 1 is 1.00 bits per heavy atom. The van der Waals surface area contributed by atoms with Gasteiger partial charge in [0.15, 0.2) is 0 Å². The molecular formula is C20H21N7O. The Balaban J connectivity index is 1.65. The van der Waals surface area contributed by atoms with E-state index in [0.717, 1.165) is 73.2 Å². The molecule has 3 aromatic heterocycles. The van der Waals surface area contributed by atoms with Gasteiger partial charge in [0.05, 0.1) is 5.69 Å². The highest BCUT2D eigenvalue weighted by Crippen LogP contribution is 2.38. The topological polar surface area (TPSA) is 90.9 Å². The summed E-state index contributed by atoms with van der Waals surface area (Å²) in [5.74, 6) is 1.68. The van der Waals surface area contributed by atoms with Gasteiger partial charge in [-0.15, -0.1) is 0 Å². The molecule has 142 valence electrons. The Morgan fingerprint density at radius 3 is 2.57 bits per heavy atom. The van der Waals surface area contributed by atoms with Crippen molar-refractivity contribution in [1.29, 1.82) is 0 Å². The van der Waals surface area contributed by atoms with E-state index in [2.05, 4.69) is 24.8 Å². The van der Waals surface area contributed by atoms with Gasteiger partial charge in [-0.3, -0.25) is 4.98 Å². The fourth-order valence-corrected chi connectivity index (χ4v) is 3.96. The number of hydrogen-bond donors (Lipinski definition) is 1. The van der Waals surface area contributed by atoms with Crippen molar-refractivity contribution in [3.8, 4) is 11.3 Å². The van der Waals surface area contributed by atoms with Crippen LogP contribution in [0.1, 0.15) is 24.8 Å². The molecule has 5 rings (SSSR count). The van der Waals surface area contributed by atoms with Crippen LogP contribution in [-0.2, 0) is 6.42 Å². The standard InChI is InChI=1S/C20H21N7O/c28-20-22-12-14(13-23-20)17-16-6-11-27(15-4-7-21-8-5-15)18(16)25-19(24-17)26-9-2-1-3-10-26/h4-5,7-8,12-13H,1-3,6,9-11H2,(H,22,23,28). The van der Waals surface area contributed by atoms with Crippen molar-refractivity contribution in [3.63, 3.8) is 0 Å². The van der Waals surface area contributed by atoms with Crippen LogP contribution in [0.15, 0.2) is 41.7 Å². The minimum atomic E-state index is -0.357. The first kappa shape index (κ1) is 16.9. The normalized spacial score (nSPS) is 16.3. The highest BCUT2D eigenvalue weighted by atomic mass is 16.1. The van der Waals surface area contributed by atoms with Gasteiger partial charge in [0.25, 0.3) is 0 Å². The molecule has 0 radical (unpaired) electrons. The number of H-pyrrole nitrogens is 1. The summed E-state index contributed by atoms with van der Waals surface area (Å²) in [7, 11) is 0. The van der Waals surface area contributed by atoms with E-state index in [1.54, 1.807) is 24.8 Å². The Hall–Kier alpha value is -3.29. The summed E-state index contributed by atoms with van der Waals surface area (Å²) in [4.78, 5) is 36.5. The molecule has 0 aliphatic carbocycles. The molecule has 0 bridgehead atoms. The zero-order valence-electron chi connectivity index (χ0n) is 15.5. The van der Waals surface area contributed by atoms with Crippen LogP contribution in [0.25, 0.3) is 11.3 Å². The van der Waals surface area contributed by atoms with E-state index in [1.165, 1.54) is 6.42 Å². The third-order valence-electron chi connectivity index (χ3n) is 5.37. The Labute approximate surface area is 162 Å². The number of fused-ring (bicyclic) bond motifs is 1. The second-order valence-corrected chi connectivity index (χ2v) is 7.14. The van der Waals surface area contributed by atoms with Crippen LogP contribution >= 0.6 is 0 Å². The van der Waals surface area contributed by atoms with E-state index in [4.69, 9.17) is 9.97 Å². The van der Waals surface area contributed by atoms with Crippen LogP contribution in [-0.4, -0.2) is 44.6 Å². The smallest absolute Gasteiger partial charge is 0.341 e. The highest BCUT2D eigenvalue weighted by molar-refractivity contribution is 5.76. The van der Waals surface area contributed by atoms with E-state index in [0.29, 0.717) is 0 Å². The molecule has 8 nitrogen and oxygen atoms in total. The van der Waals surface area contributed by atoms with Crippen LogP contribution in [0.3, 0.4) is 0 Å². The minimum Gasteiger partial charge on any atom is -0.341 e. The summed E-state index contributed by atoms with van der Waals surface area (Å²) in [6, 6.07) is 4.00. The van der Waals surface area contributed by atoms with Crippen molar-refractivity contribution in [2.75, 3.05) is 29.4 Å². The third kappa shape index (κ3) is 3.00. The van der Waals surface area contributed by atoms with Gasteiger partial charge in [0.2, 0.25) is 5.95 Å². The minimum absolute atomic E-state index is 0.357. The average Bonchev–Trinajstić information content (AvgIpc) is 3.19. The van der Waals surface area contributed by atoms with Gasteiger partial charge in [0.1, 0.15) is 5.82 Å². The van der Waals surface area contributed by atoms with Crippen molar-refractivity contribution in [1.82, 2.24) is 24.9 Å². The van der Waals surface area contributed by atoms with Crippen molar-refractivity contribution in [2.24, 2.45) is 0 Å². The van der Waals surface area contributed by atoms with E-state index >= 15 is 0 Å². The molecule has 1 fully saturated rings. The van der Waals surface area contributed by atoms with Crippen molar-refractivity contribution >= 4 is 17.5 Å². The van der Waals surface area contributed by atoms with Gasteiger partial charge in [0, 0.05) is 61.2 Å². The summed E-state index contributed by atoms with van der Waals surface area (Å²) in [5, 5.41) is 0. The predicted octanol–water partition coefficient (Wildman–Crippen LogP) is 2.31. The Morgan fingerprint density at radius 2 is 1.82 bits per heavy atom. The van der Waals surface area contributed by atoms with E-state index in [1.807, 2.05) is 12.1 Å². The van der Waals surface area contributed by atoms with E-state index < -0.39 is 0 Å². The molecule has 8 heteroatoms. The van der Waals surface area contributed by atoms with Crippen LogP contribution in [0.2, 0.25) is 0 Å². The first-order chi connectivity index (χ1) is 13.8. The number of hydrogen-bond acceptors (Lipinski definition) is 7. The van der Waals surface area contributed by atoms with Crippen LogP contribution in [0.5, 0.6) is 0 Å². The molecule has 0 saturated carbocycles. The van der Waals surface area contributed by atoms with Crippen LogP contribution in [0, 0.1) is 0 Å². The molecule has 5 heterocycles. The number of anilines is 3. The number of nitrogens with zero attached hydrogens (tertiary/aromatic N) is 6. The average molecular weight is 375 g/mol. The molecule has 1 saturated heterocycles. The maximum atomic E-state index is 11.4. The second-order valence-electron chi connectivity index (χ2n) is 7.14. The molecule has 0 aromatic carbocycles. The monoisotopic (exact) mass is 375 g/mol. The first-order valence-corrected chi connectivity index (χ1v) is 9.68. The molecule has 0 atom stereocenters. The number of aromatic amines is 1. The largest absolute Gasteiger partial charge is 0.344 e. The molecule has 2 aliphatic rings. The predicted molar refractivity (Wildman–Crippen MR) is 107 cm³/mol. The summed E-state index contributed by atoms with van der Waals surface area (Å²) >= 11 is 0. The maximum absolute atomic E-state index is 11.4. The highest BCUT2D eigenvalue weighted by Gasteiger charge is 2.29. The third-order valence-corrected chi connectivity index (χ3v) is 5.37. The molecule has 0 unspecified atom stereocenters. The van der Waals surface area contributed by atoms with Gasteiger partial charge in [-0.1, -0.05) is 0 Å². The SMILES string of the molecule is O=c1ncc(-c2nc(N3CCCCC3)nc3c2CCN3c2ccncc2)c[nH]1. The summed E-state index contributed by atoms with van der Waals surface area (Å²) in [5.41, 5.74) is 3.47. The van der Waals surface area contributed by atoms with E-state index in [9.17, 15) is 4.79 Å². The summed E-state index contributed by atoms with van der Waals surface area (Å²) in [6.07, 6.45) is 11.3. The number of rotatable bonds is 3. The number of pyridine rings is 1. The molecular weight excluding hydrogens is 354 g/mol. The maximum Gasteiger partial charge on any atom is 0.344 e. The zero-order valence-corrected chi connectivity index (χ0v) is 15.5. The quantitative estimate of drug-likeness (QED) is 0.751. The van der Waals surface area contributed by atoms with Crippen molar-refractivity contribution in [3.05, 3.63) is 53.0 Å². The lowest BCUT2D eigenvalue weighted by atomic mass is 10.1. The number of nitrogens with one attached hydrogen (secondary N) is 1. The zero-order chi connectivity index (χ0) is 18.9. The number of piperidine rings is 1. The molecule has 0 spiro atoms.